The number of nitrogens with two attached hydrogens (primary N) is 1. The van der Waals surface area contributed by atoms with E-state index in [1.54, 1.807) is 6.07 Å². The van der Waals surface area contributed by atoms with Crippen molar-refractivity contribution in [2.75, 3.05) is 18.5 Å². The van der Waals surface area contributed by atoms with Gasteiger partial charge in [0.05, 0.1) is 6.04 Å². The molecule has 0 spiro atoms. The molecule has 0 aliphatic rings. The molecule has 0 amide bonds. The molecule has 2 aromatic carbocycles. The van der Waals surface area contributed by atoms with Crippen molar-refractivity contribution in [2.45, 2.75) is 6.04 Å². The number of benzene rings is 2. The van der Waals surface area contributed by atoms with Crippen LogP contribution in [0.5, 0.6) is 0 Å². The summed E-state index contributed by atoms with van der Waals surface area (Å²) in [5.41, 5.74) is 7.80. The van der Waals surface area contributed by atoms with Gasteiger partial charge >= 0.3 is 0 Å². The fourth-order valence-electron chi connectivity index (χ4n) is 2.11. The predicted molar refractivity (Wildman–Crippen MR) is 80.7 cm³/mol. The average Bonchev–Trinajstić information content (AvgIpc) is 2.39. The zero-order valence-electron chi connectivity index (χ0n) is 10.7. The standard InChI is InChI=1S/C15H16BrFN2/c1-19(14-7-3-6-13(17)9-14)15(10-18)11-4-2-5-12(16)8-11/h2-9,15H,10,18H2,1H3. The average molecular weight is 323 g/mol. The molecular formula is C15H16BrFN2. The molecule has 0 aliphatic heterocycles. The summed E-state index contributed by atoms with van der Waals surface area (Å²) in [5, 5.41) is 0. The molecule has 2 rings (SSSR count). The van der Waals surface area contributed by atoms with Gasteiger partial charge in [0.25, 0.3) is 0 Å². The second kappa shape index (κ2) is 6.17. The molecule has 0 bridgehead atoms. The van der Waals surface area contributed by atoms with E-state index in [1.165, 1.54) is 12.1 Å². The van der Waals surface area contributed by atoms with Crippen LogP contribution in [0.25, 0.3) is 0 Å². The highest BCUT2D eigenvalue weighted by atomic mass is 79.9. The highest BCUT2D eigenvalue weighted by molar-refractivity contribution is 9.10. The fourth-order valence-corrected chi connectivity index (χ4v) is 2.52. The van der Waals surface area contributed by atoms with Gasteiger partial charge in [-0.15, -0.1) is 0 Å². The lowest BCUT2D eigenvalue weighted by molar-refractivity contribution is 0.623. The Labute approximate surface area is 121 Å². The highest BCUT2D eigenvalue weighted by Crippen LogP contribution is 2.26. The number of halogens is 2. The molecule has 0 saturated heterocycles. The van der Waals surface area contributed by atoms with E-state index in [0.29, 0.717) is 6.54 Å². The van der Waals surface area contributed by atoms with E-state index in [2.05, 4.69) is 15.9 Å². The van der Waals surface area contributed by atoms with Gasteiger partial charge in [-0.05, 0) is 35.9 Å². The number of likely N-dealkylation sites (N-methyl/N-ethyl adjacent to an activating group) is 1. The molecule has 0 aliphatic carbocycles. The van der Waals surface area contributed by atoms with Gasteiger partial charge in [-0.1, -0.05) is 34.1 Å². The van der Waals surface area contributed by atoms with Gasteiger partial charge in [0, 0.05) is 23.8 Å². The van der Waals surface area contributed by atoms with Crippen LogP contribution in [-0.4, -0.2) is 13.6 Å². The summed E-state index contributed by atoms with van der Waals surface area (Å²) >= 11 is 3.46. The fraction of sp³-hybridized carbons (Fsp3) is 0.200. The van der Waals surface area contributed by atoms with Crippen molar-refractivity contribution in [1.82, 2.24) is 0 Å². The first kappa shape index (κ1) is 14.0. The third-order valence-electron chi connectivity index (χ3n) is 3.14. The Morgan fingerprint density at radius 2 is 1.95 bits per heavy atom. The van der Waals surface area contributed by atoms with Crippen molar-refractivity contribution in [3.8, 4) is 0 Å². The molecule has 1 unspecified atom stereocenters. The molecular weight excluding hydrogens is 307 g/mol. The first-order valence-electron chi connectivity index (χ1n) is 6.05. The zero-order valence-corrected chi connectivity index (χ0v) is 12.3. The molecule has 2 nitrogen and oxygen atoms in total. The molecule has 0 aromatic heterocycles. The number of nitrogens with zero attached hydrogens (tertiary/aromatic N) is 1. The van der Waals surface area contributed by atoms with Crippen molar-refractivity contribution >= 4 is 21.6 Å². The summed E-state index contributed by atoms with van der Waals surface area (Å²) in [6.07, 6.45) is 0. The van der Waals surface area contributed by atoms with E-state index in [9.17, 15) is 4.39 Å². The monoisotopic (exact) mass is 322 g/mol. The topological polar surface area (TPSA) is 29.3 Å². The molecule has 19 heavy (non-hydrogen) atoms. The lowest BCUT2D eigenvalue weighted by atomic mass is 10.1. The lowest BCUT2D eigenvalue weighted by Crippen LogP contribution is -2.30. The zero-order chi connectivity index (χ0) is 13.8. The van der Waals surface area contributed by atoms with Crippen LogP contribution in [0.4, 0.5) is 10.1 Å². The maximum Gasteiger partial charge on any atom is 0.125 e. The van der Waals surface area contributed by atoms with Crippen LogP contribution in [0.3, 0.4) is 0 Å². The van der Waals surface area contributed by atoms with Crippen LogP contribution < -0.4 is 10.6 Å². The highest BCUT2D eigenvalue weighted by Gasteiger charge is 2.16. The Kier molecular flexibility index (Phi) is 4.56. The van der Waals surface area contributed by atoms with E-state index in [4.69, 9.17) is 5.73 Å². The number of hydrogen-bond donors (Lipinski definition) is 1. The van der Waals surface area contributed by atoms with E-state index in [0.717, 1.165) is 15.7 Å². The molecule has 0 saturated carbocycles. The number of anilines is 1. The van der Waals surface area contributed by atoms with Crippen LogP contribution in [-0.2, 0) is 0 Å². The maximum atomic E-state index is 13.3. The summed E-state index contributed by atoms with van der Waals surface area (Å²) in [4.78, 5) is 1.99. The Morgan fingerprint density at radius 3 is 2.58 bits per heavy atom. The quantitative estimate of drug-likeness (QED) is 0.929. The van der Waals surface area contributed by atoms with Crippen molar-refractivity contribution < 1.29 is 4.39 Å². The maximum absolute atomic E-state index is 13.3. The summed E-state index contributed by atoms with van der Waals surface area (Å²) in [6.45, 7) is 0.462. The Bertz CT molecular complexity index is 559. The number of hydrogen-bond acceptors (Lipinski definition) is 2. The summed E-state index contributed by atoms with van der Waals surface area (Å²) in [7, 11) is 1.92. The third kappa shape index (κ3) is 3.33. The van der Waals surface area contributed by atoms with Gasteiger partial charge in [-0.2, -0.15) is 0 Å². The van der Waals surface area contributed by atoms with Crippen LogP contribution in [0.1, 0.15) is 11.6 Å². The van der Waals surface area contributed by atoms with E-state index >= 15 is 0 Å². The minimum absolute atomic E-state index is 0.0132. The Balaban J connectivity index is 2.31. The number of rotatable bonds is 4. The van der Waals surface area contributed by atoms with Crippen molar-refractivity contribution in [1.29, 1.82) is 0 Å². The smallest absolute Gasteiger partial charge is 0.125 e. The van der Waals surface area contributed by atoms with Crippen LogP contribution >= 0.6 is 15.9 Å². The van der Waals surface area contributed by atoms with Gasteiger partial charge in [-0.25, -0.2) is 4.39 Å². The summed E-state index contributed by atoms with van der Waals surface area (Å²) < 4.78 is 14.3. The van der Waals surface area contributed by atoms with Gasteiger partial charge in [0.15, 0.2) is 0 Å². The first-order chi connectivity index (χ1) is 9.11. The van der Waals surface area contributed by atoms with Crippen LogP contribution in [0.15, 0.2) is 53.0 Å². The SMILES string of the molecule is CN(c1cccc(F)c1)C(CN)c1cccc(Br)c1. The second-order valence-electron chi connectivity index (χ2n) is 4.40. The molecule has 2 aromatic rings. The minimum Gasteiger partial charge on any atom is -0.366 e. The predicted octanol–water partition coefficient (Wildman–Crippen LogP) is 3.72. The molecule has 0 radical (unpaired) electrons. The van der Waals surface area contributed by atoms with Gasteiger partial charge < -0.3 is 10.6 Å². The largest absolute Gasteiger partial charge is 0.366 e. The van der Waals surface area contributed by atoms with Crippen molar-refractivity contribution in [2.24, 2.45) is 5.73 Å². The molecule has 0 heterocycles. The summed E-state index contributed by atoms with van der Waals surface area (Å²) in [6, 6.07) is 14.6. The second-order valence-corrected chi connectivity index (χ2v) is 5.31. The van der Waals surface area contributed by atoms with Gasteiger partial charge in [0.1, 0.15) is 5.82 Å². The normalized spacial score (nSPS) is 12.2. The molecule has 100 valence electrons. The third-order valence-corrected chi connectivity index (χ3v) is 3.63. The molecule has 0 fully saturated rings. The van der Waals surface area contributed by atoms with Crippen molar-refractivity contribution in [3.63, 3.8) is 0 Å². The molecule has 4 heteroatoms. The van der Waals surface area contributed by atoms with Crippen molar-refractivity contribution in [3.05, 3.63) is 64.4 Å². The van der Waals surface area contributed by atoms with Crippen LogP contribution in [0, 0.1) is 5.82 Å². The van der Waals surface area contributed by atoms with Gasteiger partial charge in [-0.3, -0.25) is 0 Å². The minimum atomic E-state index is -0.241. The van der Waals surface area contributed by atoms with Gasteiger partial charge in [0.2, 0.25) is 0 Å². The summed E-state index contributed by atoms with van der Waals surface area (Å²) in [5.74, 6) is -0.241. The molecule has 2 N–H and O–H groups in total. The lowest BCUT2D eigenvalue weighted by Gasteiger charge is -2.29. The Morgan fingerprint density at radius 1 is 1.21 bits per heavy atom. The van der Waals surface area contributed by atoms with E-state index < -0.39 is 0 Å². The van der Waals surface area contributed by atoms with E-state index in [-0.39, 0.29) is 11.9 Å². The molecule has 1 atom stereocenters. The first-order valence-corrected chi connectivity index (χ1v) is 6.85. The Hall–Kier alpha value is -1.39. The van der Waals surface area contributed by atoms with E-state index in [1.807, 2.05) is 42.3 Å². The van der Waals surface area contributed by atoms with Crippen LogP contribution in [0.2, 0.25) is 0 Å².